The number of aromatic amines is 1. The van der Waals surface area contributed by atoms with E-state index < -0.39 is 0 Å². The summed E-state index contributed by atoms with van der Waals surface area (Å²) in [6, 6.07) is 7.95. The summed E-state index contributed by atoms with van der Waals surface area (Å²) in [5.74, 6) is 1.60. The second-order valence-electron chi connectivity index (χ2n) is 3.96. The van der Waals surface area contributed by atoms with Gasteiger partial charge in [-0.3, -0.25) is 0 Å². The molecule has 0 aliphatic carbocycles. The molecule has 0 aliphatic heterocycles. The molecule has 3 rings (SSSR count). The number of aromatic nitrogens is 6. The molecule has 0 spiro atoms. The first kappa shape index (κ1) is 12.1. The van der Waals surface area contributed by atoms with Crippen LogP contribution in [0.3, 0.4) is 0 Å². The number of para-hydroxylation sites is 2. The molecule has 7 nitrogen and oxygen atoms in total. The molecule has 0 amide bonds. The Balaban J connectivity index is 1.73. The summed E-state index contributed by atoms with van der Waals surface area (Å²) in [4.78, 5) is 7.78. The molecule has 0 atom stereocenters. The molecule has 0 saturated carbocycles. The molecule has 2 aromatic heterocycles. The zero-order valence-corrected chi connectivity index (χ0v) is 11.0. The number of rotatable bonds is 5. The molecule has 0 aliphatic rings. The van der Waals surface area contributed by atoms with Crippen LogP contribution in [0.1, 0.15) is 5.82 Å². The van der Waals surface area contributed by atoms with Crippen molar-refractivity contribution in [3.8, 4) is 0 Å². The number of nitrogens with zero attached hydrogens (tertiary/aromatic N) is 5. The van der Waals surface area contributed by atoms with Crippen molar-refractivity contribution < 1.29 is 0 Å². The van der Waals surface area contributed by atoms with Crippen molar-refractivity contribution in [2.24, 2.45) is 5.73 Å². The lowest BCUT2D eigenvalue weighted by Crippen LogP contribution is -2.12. The Bertz CT molecular complexity index is 641. The van der Waals surface area contributed by atoms with Gasteiger partial charge in [0, 0.05) is 6.54 Å². The highest BCUT2D eigenvalue weighted by molar-refractivity contribution is 7.98. The van der Waals surface area contributed by atoms with Gasteiger partial charge in [0.25, 0.3) is 0 Å². The fourth-order valence-electron chi connectivity index (χ4n) is 1.77. The van der Waals surface area contributed by atoms with E-state index in [1.165, 1.54) is 11.8 Å². The van der Waals surface area contributed by atoms with Gasteiger partial charge in [0.15, 0.2) is 0 Å². The Hall–Kier alpha value is -1.93. The van der Waals surface area contributed by atoms with Gasteiger partial charge in [-0.1, -0.05) is 23.9 Å². The van der Waals surface area contributed by atoms with Crippen molar-refractivity contribution >= 4 is 22.8 Å². The normalized spacial score (nSPS) is 11.2. The molecule has 1 aromatic carbocycles. The number of hydrogen-bond donors (Lipinski definition) is 2. The molecule has 0 radical (unpaired) electrons. The molecule has 98 valence electrons. The van der Waals surface area contributed by atoms with Crippen LogP contribution < -0.4 is 5.73 Å². The van der Waals surface area contributed by atoms with E-state index in [4.69, 9.17) is 5.73 Å². The zero-order valence-electron chi connectivity index (χ0n) is 10.2. The maximum Gasteiger partial charge on any atom is 0.209 e. The van der Waals surface area contributed by atoms with E-state index in [0.29, 0.717) is 18.8 Å². The van der Waals surface area contributed by atoms with Crippen molar-refractivity contribution in [1.29, 1.82) is 0 Å². The molecule has 3 aromatic rings. The van der Waals surface area contributed by atoms with Crippen LogP contribution in [0.2, 0.25) is 0 Å². The first-order chi connectivity index (χ1) is 9.36. The van der Waals surface area contributed by atoms with Crippen LogP contribution >= 0.6 is 11.8 Å². The number of fused-ring (bicyclic) bond motifs is 1. The second kappa shape index (κ2) is 5.37. The number of thioether (sulfide) groups is 1. The van der Waals surface area contributed by atoms with E-state index in [1.54, 1.807) is 4.68 Å². The minimum absolute atomic E-state index is 0.517. The molecule has 19 heavy (non-hydrogen) atoms. The smallest absolute Gasteiger partial charge is 0.209 e. The summed E-state index contributed by atoms with van der Waals surface area (Å²) < 4.78 is 1.70. The first-order valence-electron chi connectivity index (χ1n) is 5.89. The summed E-state index contributed by atoms with van der Waals surface area (Å²) in [7, 11) is 0. The highest BCUT2D eigenvalue weighted by Gasteiger charge is 2.08. The second-order valence-corrected chi connectivity index (χ2v) is 4.91. The fraction of sp³-hybridized carbons (Fsp3) is 0.273. The summed E-state index contributed by atoms with van der Waals surface area (Å²) in [6.07, 6.45) is 0. The quantitative estimate of drug-likeness (QED) is 0.668. The van der Waals surface area contributed by atoms with Gasteiger partial charge < -0.3 is 10.7 Å². The molecule has 0 fully saturated rings. The van der Waals surface area contributed by atoms with Crippen molar-refractivity contribution in [2.45, 2.75) is 17.5 Å². The number of nitrogens with one attached hydrogen (secondary N) is 1. The monoisotopic (exact) mass is 275 g/mol. The van der Waals surface area contributed by atoms with Gasteiger partial charge in [0.2, 0.25) is 5.16 Å². The number of H-pyrrole nitrogens is 1. The standard InChI is InChI=1S/C11H13N7S/c12-5-6-18-11(15-16-17-18)19-7-10-13-8-3-1-2-4-9(8)14-10/h1-4H,5-7,12H2,(H,13,14). The highest BCUT2D eigenvalue weighted by Crippen LogP contribution is 2.20. The molecular weight excluding hydrogens is 262 g/mol. The lowest BCUT2D eigenvalue weighted by molar-refractivity contribution is 0.557. The Labute approximate surface area is 113 Å². The molecule has 3 N–H and O–H groups in total. The fourth-order valence-corrected chi connectivity index (χ4v) is 2.54. The van der Waals surface area contributed by atoms with E-state index in [2.05, 4.69) is 25.5 Å². The number of imidazole rings is 1. The lowest BCUT2D eigenvalue weighted by Gasteiger charge is -2.00. The third kappa shape index (κ3) is 2.59. The van der Waals surface area contributed by atoms with Crippen LogP contribution in [0.5, 0.6) is 0 Å². The Kier molecular flexibility index (Phi) is 3.43. The van der Waals surface area contributed by atoms with Crippen LogP contribution in [0.4, 0.5) is 0 Å². The topological polar surface area (TPSA) is 98.3 Å². The minimum atomic E-state index is 0.517. The largest absolute Gasteiger partial charge is 0.341 e. The molecular formula is C11H13N7S. The summed E-state index contributed by atoms with van der Waals surface area (Å²) >= 11 is 1.54. The molecule has 0 bridgehead atoms. The van der Waals surface area contributed by atoms with E-state index in [-0.39, 0.29) is 0 Å². The van der Waals surface area contributed by atoms with Gasteiger partial charge in [0.1, 0.15) is 5.82 Å². The third-order valence-corrected chi connectivity index (χ3v) is 3.58. The summed E-state index contributed by atoms with van der Waals surface area (Å²) in [5, 5.41) is 12.3. The van der Waals surface area contributed by atoms with E-state index in [1.807, 2.05) is 24.3 Å². The van der Waals surface area contributed by atoms with Crippen molar-refractivity contribution in [3.63, 3.8) is 0 Å². The van der Waals surface area contributed by atoms with E-state index in [0.717, 1.165) is 22.0 Å². The van der Waals surface area contributed by atoms with Crippen LogP contribution in [0, 0.1) is 0 Å². The van der Waals surface area contributed by atoms with Gasteiger partial charge in [-0.2, -0.15) is 0 Å². The average molecular weight is 275 g/mol. The highest BCUT2D eigenvalue weighted by atomic mass is 32.2. The van der Waals surface area contributed by atoms with Gasteiger partial charge in [-0.25, -0.2) is 9.67 Å². The van der Waals surface area contributed by atoms with Gasteiger partial charge in [-0.15, -0.1) is 5.10 Å². The number of hydrogen-bond acceptors (Lipinski definition) is 6. The summed E-state index contributed by atoms with van der Waals surface area (Å²) in [6.45, 7) is 1.14. The van der Waals surface area contributed by atoms with Gasteiger partial charge in [0.05, 0.1) is 23.3 Å². The predicted molar refractivity (Wildman–Crippen MR) is 72.5 cm³/mol. The average Bonchev–Trinajstić information content (AvgIpc) is 3.02. The molecule has 8 heteroatoms. The lowest BCUT2D eigenvalue weighted by atomic mass is 10.3. The number of benzene rings is 1. The van der Waals surface area contributed by atoms with Crippen molar-refractivity contribution in [2.75, 3.05) is 6.54 Å². The summed E-state index contributed by atoms with van der Waals surface area (Å²) in [5.41, 5.74) is 7.52. The van der Waals surface area contributed by atoms with Crippen LogP contribution in [0.25, 0.3) is 11.0 Å². The maximum absolute atomic E-state index is 5.50. The van der Waals surface area contributed by atoms with E-state index >= 15 is 0 Å². The van der Waals surface area contributed by atoms with Crippen LogP contribution in [0.15, 0.2) is 29.4 Å². The van der Waals surface area contributed by atoms with Crippen LogP contribution in [-0.2, 0) is 12.3 Å². The Morgan fingerprint density at radius 3 is 3.05 bits per heavy atom. The van der Waals surface area contributed by atoms with E-state index in [9.17, 15) is 0 Å². The SMILES string of the molecule is NCCn1nnnc1SCc1nc2ccccc2[nH]1. The van der Waals surface area contributed by atoms with Crippen LogP contribution in [-0.4, -0.2) is 36.7 Å². The van der Waals surface area contributed by atoms with Crippen molar-refractivity contribution in [1.82, 2.24) is 30.2 Å². The Morgan fingerprint density at radius 2 is 2.21 bits per heavy atom. The third-order valence-electron chi connectivity index (χ3n) is 2.62. The Morgan fingerprint density at radius 1 is 1.32 bits per heavy atom. The van der Waals surface area contributed by atoms with Crippen molar-refractivity contribution in [3.05, 3.63) is 30.1 Å². The zero-order chi connectivity index (χ0) is 13.1. The predicted octanol–water partition coefficient (Wildman–Crippen LogP) is 0.800. The number of nitrogens with two attached hydrogens (primary N) is 1. The number of tetrazole rings is 1. The first-order valence-corrected chi connectivity index (χ1v) is 6.88. The molecule has 0 saturated heterocycles. The molecule has 2 heterocycles. The van der Waals surface area contributed by atoms with Gasteiger partial charge >= 0.3 is 0 Å². The van der Waals surface area contributed by atoms with Gasteiger partial charge in [-0.05, 0) is 22.6 Å². The molecule has 0 unspecified atom stereocenters. The minimum Gasteiger partial charge on any atom is -0.341 e. The maximum atomic E-state index is 5.50.